The minimum atomic E-state index is -0.775. The summed E-state index contributed by atoms with van der Waals surface area (Å²) >= 11 is 0. The third-order valence-corrected chi connectivity index (χ3v) is 3.98. The van der Waals surface area contributed by atoms with Gasteiger partial charge in [0, 0.05) is 23.2 Å². The van der Waals surface area contributed by atoms with E-state index in [1.165, 1.54) is 0 Å². The van der Waals surface area contributed by atoms with Crippen LogP contribution >= 0.6 is 0 Å². The van der Waals surface area contributed by atoms with Crippen molar-refractivity contribution in [1.29, 1.82) is 0 Å². The van der Waals surface area contributed by atoms with Gasteiger partial charge in [-0.25, -0.2) is 0 Å². The van der Waals surface area contributed by atoms with Gasteiger partial charge in [-0.15, -0.1) is 0 Å². The van der Waals surface area contributed by atoms with Crippen LogP contribution in [0.5, 0.6) is 0 Å². The van der Waals surface area contributed by atoms with Crippen LogP contribution in [-0.2, 0) is 4.79 Å². The Hall–Kier alpha value is -2.43. The summed E-state index contributed by atoms with van der Waals surface area (Å²) in [5, 5.41) is 12.8. The van der Waals surface area contributed by atoms with Crippen LogP contribution in [-0.4, -0.2) is 28.0 Å². The summed E-state index contributed by atoms with van der Waals surface area (Å²) in [6.45, 7) is 0. The minimum absolute atomic E-state index is 0.0526. The van der Waals surface area contributed by atoms with Gasteiger partial charge in [0.15, 0.2) is 0 Å². The molecule has 1 aromatic heterocycles. The van der Waals surface area contributed by atoms with Crippen LogP contribution < -0.4 is 5.32 Å². The van der Waals surface area contributed by atoms with E-state index in [-0.39, 0.29) is 17.9 Å². The number of hydrogen-bond acceptors (Lipinski definition) is 3. The summed E-state index contributed by atoms with van der Waals surface area (Å²) in [6, 6.07) is 9.06. The maximum absolute atomic E-state index is 12.2. The van der Waals surface area contributed by atoms with Crippen LogP contribution in [0.15, 0.2) is 36.5 Å². The van der Waals surface area contributed by atoms with Crippen molar-refractivity contribution in [2.75, 3.05) is 0 Å². The topological polar surface area (TPSA) is 79.3 Å². The molecule has 108 valence electrons. The van der Waals surface area contributed by atoms with Gasteiger partial charge in [0.25, 0.3) is 5.91 Å². The number of carbonyl (C=O) groups is 2. The maximum Gasteiger partial charge on any atom is 0.306 e. The second kappa shape index (κ2) is 5.52. The van der Waals surface area contributed by atoms with Gasteiger partial charge in [0.1, 0.15) is 0 Å². The molecule has 2 atom stereocenters. The normalized spacial score (nSPS) is 21.3. The maximum atomic E-state index is 12.2. The number of hydrogen-bond donors (Lipinski definition) is 2. The molecule has 1 heterocycles. The Labute approximate surface area is 122 Å². The van der Waals surface area contributed by atoms with E-state index in [1.807, 2.05) is 18.2 Å². The van der Waals surface area contributed by atoms with Gasteiger partial charge < -0.3 is 10.4 Å². The van der Waals surface area contributed by atoms with Crippen LogP contribution in [0.1, 0.15) is 29.6 Å². The Bertz CT molecular complexity index is 699. The van der Waals surface area contributed by atoms with E-state index in [0.717, 1.165) is 17.3 Å². The number of nitrogens with one attached hydrogen (secondary N) is 1. The van der Waals surface area contributed by atoms with E-state index in [1.54, 1.807) is 18.3 Å². The van der Waals surface area contributed by atoms with E-state index >= 15 is 0 Å². The van der Waals surface area contributed by atoms with Gasteiger partial charge in [-0.3, -0.25) is 14.6 Å². The van der Waals surface area contributed by atoms with Crippen LogP contribution in [0.25, 0.3) is 10.9 Å². The summed E-state index contributed by atoms with van der Waals surface area (Å²) in [4.78, 5) is 27.4. The molecule has 5 nitrogen and oxygen atoms in total. The summed E-state index contributed by atoms with van der Waals surface area (Å²) in [7, 11) is 0. The number of aromatic nitrogens is 1. The van der Waals surface area contributed by atoms with E-state index in [0.29, 0.717) is 18.4 Å². The van der Waals surface area contributed by atoms with Crippen molar-refractivity contribution in [2.24, 2.45) is 5.92 Å². The molecule has 5 heteroatoms. The molecule has 1 aromatic carbocycles. The van der Waals surface area contributed by atoms with Crippen molar-refractivity contribution in [1.82, 2.24) is 10.3 Å². The zero-order chi connectivity index (χ0) is 14.8. The zero-order valence-corrected chi connectivity index (χ0v) is 11.5. The number of rotatable bonds is 3. The molecule has 3 rings (SSSR count). The van der Waals surface area contributed by atoms with Gasteiger partial charge in [-0.2, -0.15) is 0 Å². The number of benzene rings is 1. The highest BCUT2D eigenvalue weighted by Crippen LogP contribution is 2.26. The molecule has 0 spiro atoms. The van der Waals surface area contributed by atoms with Crippen LogP contribution in [0.3, 0.4) is 0 Å². The van der Waals surface area contributed by atoms with Gasteiger partial charge in [0.05, 0.1) is 11.4 Å². The fourth-order valence-electron chi connectivity index (χ4n) is 2.82. The average molecular weight is 284 g/mol. The van der Waals surface area contributed by atoms with Crippen molar-refractivity contribution in [3.63, 3.8) is 0 Å². The number of pyridine rings is 1. The molecule has 0 saturated heterocycles. The standard InChI is InChI=1S/C16H16N2O3/c19-15(18-13-5-3-12(9-13)16(20)21)11-4-6-14-10(8-11)2-1-7-17-14/h1-2,4,6-8,12-13H,3,5,9H2,(H,18,19)(H,20,21)/t12-,13+/m1/s1. The van der Waals surface area contributed by atoms with Crippen LogP contribution in [0, 0.1) is 5.92 Å². The molecule has 1 fully saturated rings. The molecule has 2 N–H and O–H groups in total. The lowest BCUT2D eigenvalue weighted by atomic mass is 10.1. The van der Waals surface area contributed by atoms with Crippen molar-refractivity contribution >= 4 is 22.8 Å². The van der Waals surface area contributed by atoms with Crippen molar-refractivity contribution in [3.05, 3.63) is 42.1 Å². The highest BCUT2D eigenvalue weighted by Gasteiger charge is 2.30. The monoisotopic (exact) mass is 284 g/mol. The molecule has 1 aliphatic rings. The van der Waals surface area contributed by atoms with Gasteiger partial charge >= 0.3 is 5.97 Å². The smallest absolute Gasteiger partial charge is 0.306 e. The van der Waals surface area contributed by atoms with Crippen LogP contribution in [0.2, 0.25) is 0 Å². The van der Waals surface area contributed by atoms with Crippen molar-refractivity contribution in [2.45, 2.75) is 25.3 Å². The highest BCUT2D eigenvalue weighted by atomic mass is 16.4. The van der Waals surface area contributed by atoms with E-state index < -0.39 is 5.97 Å². The van der Waals surface area contributed by atoms with Gasteiger partial charge in [0.2, 0.25) is 0 Å². The van der Waals surface area contributed by atoms with E-state index in [2.05, 4.69) is 10.3 Å². The predicted octanol–water partition coefficient (Wildman–Crippen LogP) is 2.22. The fraction of sp³-hybridized carbons (Fsp3) is 0.312. The number of carboxylic acid groups (broad SMARTS) is 1. The molecule has 1 amide bonds. The Kier molecular flexibility index (Phi) is 3.56. The predicted molar refractivity (Wildman–Crippen MR) is 78.0 cm³/mol. The first-order valence-electron chi connectivity index (χ1n) is 7.02. The lowest BCUT2D eigenvalue weighted by molar-refractivity contribution is -0.141. The molecule has 21 heavy (non-hydrogen) atoms. The first-order chi connectivity index (χ1) is 10.1. The number of carbonyl (C=O) groups excluding carboxylic acids is 1. The molecule has 1 saturated carbocycles. The van der Waals surface area contributed by atoms with Crippen molar-refractivity contribution < 1.29 is 14.7 Å². The molecule has 0 bridgehead atoms. The number of aliphatic carboxylic acids is 1. The van der Waals surface area contributed by atoms with E-state index in [4.69, 9.17) is 5.11 Å². The Morgan fingerprint density at radius 3 is 2.86 bits per heavy atom. The Balaban J connectivity index is 1.71. The minimum Gasteiger partial charge on any atom is -0.481 e. The van der Waals surface area contributed by atoms with E-state index in [9.17, 15) is 9.59 Å². The molecular weight excluding hydrogens is 268 g/mol. The molecule has 0 radical (unpaired) electrons. The highest BCUT2D eigenvalue weighted by molar-refractivity contribution is 5.98. The fourth-order valence-corrected chi connectivity index (χ4v) is 2.82. The molecule has 2 aromatic rings. The van der Waals surface area contributed by atoms with Gasteiger partial charge in [-0.05, 0) is 43.5 Å². The first kappa shape index (κ1) is 13.5. The third-order valence-electron chi connectivity index (χ3n) is 3.98. The van der Waals surface area contributed by atoms with Crippen molar-refractivity contribution in [3.8, 4) is 0 Å². The summed E-state index contributed by atoms with van der Waals surface area (Å²) in [5.41, 5.74) is 1.43. The first-order valence-corrected chi connectivity index (χ1v) is 7.02. The molecular formula is C16H16N2O3. The summed E-state index contributed by atoms with van der Waals surface area (Å²) in [5.74, 6) is -1.27. The average Bonchev–Trinajstić information content (AvgIpc) is 2.95. The number of nitrogens with zero attached hydrogens (tertiary/aromatic N) is 1. The van der Waals surface area contributed by atoms with Gasteiger partial charge in [-0.1, -0.05) is 6.07 Å². The summed E-state index contributed by atoms with van der Waals surface area (Å²) < 4.78 is 0. The number of carboxylic acids is 1. The lowest BCUT2D eigenvalue weighted by Gasteiger charge is -2.12. The Morgan fingerprint density at radius 2 is 2.10 bits per heavy atom. The molecule has 0 aliphatic heterocycles. The quantitative estimate of drug-likeness (QED) is 0.905. The number of amides is 1. The molecule has 0 unspecified atom stereocenters. The zero-order valence-electron chi connectivity index (χ0n) is 11.5. The second-order valence-corrected chi connectivity index (χ2v) is 5.43. The third kappa shape index (κ3) is 2.86. The van der Waals surface area contributed by atoms with Crippen LogP contribution in [0.4, 0.5) is 0 Å². The summed E-state index contributed by atoms with van der Waals surface area (Å²) in [6.07, 6.45) is 3.57. The Morgan fingerprint density at radius 1 is 1.24 bits per heavy atom. The lowest BCUT2D eigenvalue weighted by Crippen LogP contribution is -2.33. The largest absolute Gasteiger partial charge is 0.481 e. The molecule has 1 aliphatic carbocycles. The second-order valence-electron chi connectivity index (χ2n) is 5.43. The SMILES string of the molecule is O=C(N[C@H]1CC[C@@H](C(=O)O)C1)c1ccc2ncccc2c1. The number of fused-ring (bicyclic) bond motifs is 1.